The molecule has 3 atom stereocenters. The second-order valence-corrected chi connectivity index (χ2v) is 5.82. The molecule has 106 valence electrons. The number of carbonyl (C=O) groups is 1. The van der Waals surface area contributed by atoms with Gasteiger partial charge in [0.25, 0.3) is 0 Å². The summed E-state index contributed by atoms with van der Waals surface area (Å²) in [6.07, 6.45) is 9.61. The first-order valence-electron chi connectivity index (χ1n) is 7.29. The van der Waals surface area contributed by atoms with Gasteiger partial charge in [-0.2, -0.15) is 0 Å². The molecule has 3 nitrogen and oxygen atoms in total. The Kier molecular flexibility index (Phi) is 7.02. The number of nitrogens with one attached hydrogen (secondary N) is 2. The fraction of sp³-hybridized carbons (Fsp3) is 0.929. The zero-order chi connectivity index (χ0) is 12.1. The number of hydrogen-bond acceptors (Lipinski definition) is 2. The van der Waals surface area contributed by atoms with Crippen LogP contribution in [0.15, 0.2) is 0 Å². The molecule has 0 radical (unpaired) electrons. The Bertz CT molecular complexity index is 254. The van der Waals surface area contributed by atoms with Crippen LogP contribution in [0, 0.1) is 5.92 Å². The summed E-state index contributed by atoms with van der Waals surface area (Å²) < 4.78 is 0. The zero-order valence-electron chi connectivity index (χ0n) is 11.4. The molecule has 0 bridgehead atoms. The highest BCUT2D eigenvalue weighted by molar-refractivity contribution is 5.85. The minimum absolute atomic E-state index is 0. The number of rotatable bonds is 2. The van der Waals surface area contributed by atoms with Crippen LogP contribution in [-0.4, -0.2) is 24.5 Å². The van der Waals surface area contributed by atoms with Gasteiger partial charge in [-0.05, 0) is 44.6 Å². The highest BCUT2D eigenvalue weighted by Crippen LogP contribution is 2.22. The third kappa shape index (κ3) is 4.77. The molecule has 18 heavy (non-hydrogen) atoms. The second-order valence-electron chi connectivity index (χ2n) is 5.82. The van der Waals surface area contributed by atoms with E-state index in [0.29, 0.717) is 6.04 Å². The van der Waals surface area contributed by atoms with Crippen LogP contribution in [0.5, 0.6) is 0 Å². The largest absolute Gasteiger partial charge is 0.352 e. The zero-order valence-corrected chi connectivity index (χ0v) is 12.2. The van der Waals surface area contributed by atoms with Gasteiger partial charge in [0.05, 0.1) is 6.04 Å². The predicted molar refractivity (Wildman–Crippen MR) is 77.1 cm³/mol. The molecule has 0 spiro atoms. The lowest BCUT2D eigenvalue weighted by Gasteiger charge is -2.25. The Morgan fingerprint density at radius 1 is 1.06 bits per heavy atom. The molecule has 0 aromatic heterocycles. The minimum atomic E-state index is 0. The van der Waals surface area contributed by atoms with Crippen molar-refractivity contribution in [2.24, 2.45) is 5.92 Å². The van der Waals surface area contributed by atoms with Gasteiger partial charge in [-0.25, -0.2) is 0 Å². The molecule has 0 aromatic carbocycles. The molecule has 1 amide bonds. The van der Waals surface area contributed by atoms with Crippen molar-refractivity contribution < 1.29 is 4.79 Å². The molecule has 2 aliphatic rings. The van der Waals surface area contributed by atoms with Crippen LogP contribution in [0.4, 0.5) is 0 Å². The maximum absolute atomic E-state index is 12.1. The summed E-state index contributed by atoms with van der Waals surface area (Å²) >= 11 is 0. The minimum Gasteiger partial charge on any atom is -0.352 e. The van der Waals surface area contributed by atoms with Crippen molar-refractivity contribution in [1.29, 1.82) is 0 Å². The van der Waals surface area contributed by atoms with E-state index in [4.69, 9.17) is 0 Å². The van der Waals surface area contributed by atoms with E-state index in [1.54, 1.807) is 0 Å². The van der Waals surface area contributed by atoms with Crippen LogP contribution < -0.4 is 10.6 Å². The first kappa shape index (κ1) is 15.8. The number of halogens is 1. The van der Waals surface area contributed by atoms with E-state index in [2.05, 4.69) is 17.6 Å². The third-order valence-corrected chi connectivity index (χ3v) is 4.23. The average Bonchev–Trinajstić information content (AvgIpc) is 2.56. The standard InChI is InChI=1S/C14H26N2O.ClH/c1-11-5-4-6-12(9-8-11)16-14(17)13-7-2-3-10-15-13;/h11-13,15H,2-10H2,1H3,(H,16,17);1H/t11?,12?,13-;/m0./s1. The van der Waals surface area contributed by atoms with Crippen LogP contribution in [-0.2, 0) is 4.79 Å². The van der Waals surface area contributed by atoms with Crippen molar-refractivity contribution in [3.63, 3.8) is 0 Å². The lowest BCUT2D eigenvalue weighted by Crippen LogP contribution is -2.49. The smallest absolute Gasteiger partial charge is 0.237 e. The van der Waals surface area contributed by atoms with Gasteiger partial charge in [0, 0.05) is 6.04 Å². The Balaban J connectivity index is 0.00000162. The summed E-state index contributed by atoms with van der Waals surface area (Å²) in [5.74, 6) is 1.08. The predicted octanol–water partition coefficient (Wildman–Crippen LogP) is 2.64. The SMILES string of the molecule is CC1CCCC(NC(=O)[C@@H]2CCCCN2)CC1.Cl. The highest BCUT2D eigenvalue weighted by atomic mass is 35.5. The van der Waals surface area contributed by atoms with Gasteiger partial charge in [0.2, 0.25) is 5.91 Å². The van der Waals surface area contributed by atoms with Gasteiger partial charge in [-0.1, -0.05) is 26.2 Å². The van der Waals surface area contributed by atoms with Gasteiger partial charge in [-0.3, -0.25) is 4.79 Å². The Morgan fingerprint density at radius 3 is 2.61 bits per heavy atom. The van der Waals surface area contributed by atoms with Crippen LogP contribution >= 0.6 is 12.4 Å². The molecular weight excluding hydrogens is 248 g/mol. The molecule has 2 N–H and O–H groups in total. The van der Waals surface area contributed by atoms with Crippen molar-refractivity contribution in [3.05, 3.63) is 0 Å². The number of amides is 1. The fourth-order valence-electron chi connectivity index (χ4n) is 3.01. The van der Waals surface area contributed by atoms with Crippen molar-refractivity contribution in [3.8, 4) is 0 Å². The second kappa shape index (κ2) is 8.00. The molecule has 0 aromatic rings. The fourth-order valence-corrected chi connectivity index (χ4v) is 3.01. The van der Waals surface area contributed by atoms with Crippen LogP contribution in [0.25, 0.3) is 0 Å². The molecule has 2 rings (SSSR count). The van der Waals surface area contributed by atoms with E-state index in [9.17, 15) is 4.79 Å². The summed E-state index contributed by atoms with van der Waals surface area (Å²) in [6.45, 7) is 3.33. The molecule has 4 heteroatoms. The number of piperidine rings is 1. The Labute approximate surface area is 117 Å². The lowest BCUT2D eigenvalue weighted by molar-refractivity contribution is -0.124. The maximum Gasteiger partial charge on any atom is 0.237 e. The van der Waals surface area contributed by atoms with E-state index in [-0.39, 0.29) is 24.4 Å². The van der Waals surface area contributed by atoms with Gasteiger partial charge >= 0.3 is 0 Å². The molecule has 1 aliphatic carbocycles. The van der Waals surface area contributed by atoms with Crippen LogP contribution in [0.1, 0.15) is 58.3 Å². The first-order chi connectivity index (χ1) is 8.25. The molecule has 1 aliphatic heterocycles. The highest BCUT2D eigenvalue weighted by Gasteiger charge is 2.24. The van der Waals surface area contributed by atoms with E-state index in [1.165, 1.54) is 44.9 Å². The maximum atomic E-state index is 12.1. The van der Waals surface area contributed by atoms with Crippen molar-refractivity contribution >= 4 is 18.3 Å². The lowest BCUT2D eigenvalue weighted by atomic mass is 10.0. The van der Waals surface area contributed by atoms with E-state index < -0.39 is 0 Å². The van der Waals surface area contributed by atoms with E-state index in [1.807, 2.05) is 0 Å². The van der Waals surface area contributed by atoms with Gasteiger partial charge in [0.15, 0.2) is 0 Å². The summed E-state index contributed by atoms with van der Waals surface area (Å²) in [7, 11) is 0. The summed E-state index contributed by atoms with van der Waals surface area (Å²) in [4.78, 5) is 12.1. The first-order valence-corrected chi connectivity index (χ1v) is 7.29. The van der Waals surface area contributed by atoms with E-state index in [0.717, 1.165) is 18.9 Å². The Morgan fingerprint density at radius 2 is 1.89 bits per heavy atom. The van der Waals surface area contributed by atoms with Gasteiger partial charge in [0.1, 0.15) is 0 Å². The van der Waals surface area contributed by atoms with Gasteiger partial charge in [-0.15, -0.1) is 12.4 Å². The van der Waals surface area contributed by atoms with Crippen LogP contribution in [0.3, 0.4) is 0 Å². The summed E-state index contributed by atoms with van der Waals surface area (Å²) in [5, 5.41) is 6.57. The average molecular weight is 275 g/mol. The van der Waals surface area contributed by atoms with Crippen molar-refractivity contribution in [1.82, 2.24) is 10.6 Å². The van der Waals surface area contributed by atoms with Crippen molar-refractivity contribution in [2.75, 3.05) is 6.54 Å². The Hall–Kier alpha value is -0.280. The molecule has 1 heterocycles. The normalized spacial score (nSPS) is 33.1. The third-order valence-electron chi connectivity index (χ3n) is 4.23. The topological polar surface area (TPSA) is 41.1 Å². The molecular formula is C14H27ClN2O. The van der Waals surface area contributed by atoms with Gasteiger partial charge < -0.3 is 10.6 Å². The number of carbonyl (C=O) groups excluding carboxylic acids is 1. The molecule has 1 saturated heterocycles. The molecule has 2 unspecified atom stereocenters. The molecule has 1 saturated carbocycles. The monoisotopic (exact) mass is 274 g/mol. The van der Waals surface area contributed by atoms with E-state index >= 15 is 0 Å². The quantitative estimate of drug-likeness (QED) is 0.760. The van der Waals surface area contributed by atoms with Crippen LogP contribution in [0.2, 0.25) is 0 Å². The number of hydrogen-bond donors (Lipinski definition) is 2. The molecule has 2 fully saturated rings. The van der Waals surface area contributed by atoms with Crippen molar-refractivity contribution in [2.45, 2.75) is 70.4 Å². The summed E-state index contributed by atoms with van der Waals surface area (Å²) in [6, 6.07) is 0.501. The summed E-state index contributed by atoms with van der Waals surface area (Å²) in [5.41, 5.74) is 0.